The number of hydrogen-bond acceptors (Lipinski definition) is 3. The van der Waals surface area contributed by atoms with Crippen LogP contribution in [0.25, 0.3) is 21.6 Å². The van der Waals surface area contributed by atoms with Crippen molar-refractivity contribution in [2.45, 2.75) is 0 Å². The van der Waals surface area contributed by atoms with Crippen LogP contribution in [0, 0.1) is 11.6 Å². The monoisotopic (exact) mass is 318 g/mol. The molecule has 0 aliphatic heterocycles. The molecule has 2 aromatic rings. The second-order valence-corrected chi connectivity index (χ2v) is 4.57. The van der Waals surface area contributed by atoms with Gasteiger partial charge in [-0.1, -0.05) is 11.2 Å². The van der Waals surface area contributed by atoms with Crippen LogP contribution >= 0.6 is 0 Å². The molecule has 0 atom stereocenters. The Balaban J connectivity index is 2.20. The summed E-state index contributed by atoms with van der Waals surface area (Å²) in [4.78, 5) is 14.4. The van der Waals surface area contributed by atoms with Crippen LogP contribution in [0.3, 0.4) is 0 Å². The zero-order valence-corrected chi connectivity index (χ0v) is 11.8. The predicted molar refractivity (Wildman–Crippen MR) is 79.8 cm³/mol. The number of halogens is 2. The van der Waals surface area contributed by atoms with Gasteiger partial charge in [0.2, 0.25) is 0 Å². The summed E-state index contributed by atoms with van der Waals surface area (Å²) in [6.45, 7) is 0.207. The Morgan fingerprint density at radius 2 is 2.04 bits per heavy atom. The molecule has 2 rings (SSSR count). The van der Waals surface area contributed by atoms with Crippen LogP contribution in [0.5, 0.6) is 5.75 Å². The van der Waals surface area contributed by atoms with Gasteiger partial charge in [0, 0.05) is 29.6 Å². The predicted octanol–water partition coefficient (Wildman–Crippen LogP) is 3.38. The lowest BCUT2D eigenvalue weighted by molar-refractivity contribution is 0.0952. The number of amides is 1. The van der Waals surface area contributed by atoms with Crippen molar-refractivity contribution in [3.8, 4) is 16.9 Å². The molecule has 0 aliphatic rings. The second kappa shape index (κ2) is 7.24. The number of aromatic hydroxyl groups is 1. The molecule has 118 valence electrons. The average Bonchev–Trinajstić information content (AvgIpc) is 2.51. The minimum Gasteiger partial charge on any atom is -0.507 e. The molecule has 0 saturated carbocycles. The van der Waals surface area contributed by atoms with Crippen LogP contribution in [-0.4, -0.2) is 24.1 Å². The molecule has 0 aromatic heterocycles. The molecule has 8 heteroatoms. The van der Waals surface area contributed by atoms with Crippen LogP contribution in [0.1, 0.15) is 10.4 Å². The average molecular weight is 318 g/mol. The van der Waals surface area contributed by atoms with E-state index in [0.717, 1.165) is 12.1 Å². The molecule has 0 unspecified atom stereocenters. The number of azide groups is 1. The van der Waals surface area contributed by atoms with Crippen molar-refractivity contribution in [1.29, 1.82) is 0 Å². The molecule has 2 N–H and O–H groups in total. The lowest BCUT2D eigenvalue weighted by Crippen LogP contribution is -2.25. The Kier molecular flexibility index (Phi) is 5.11. The molecule has 1 amide bonds. The number of nitrogens with zero attached hydrogens (tertiary/aromatic N) is 3. The fourth-order valence-corrected chi connectivity index (χ4v) is 1.97. The second-order valence-electron chi connectivity index (χ2n) is 4.57. The quantitative estimate of drug-likeness (QED) is 0.382. The summed E-state index contributed by atoms with van der Waals surface area (Å²) < 4.78 is 26.6. The summed E-state index contributed by atoms with van der Waals surface area (Å²) in [6, 6.07) is 7.08. The van der Waals surface area contributed by atoms with E-state index in [1.807, 2.05) is 0 Å². The van der Waals surface area contributed by atoms with E-state index in [1.54, 1.807) is 0 Å². The van der Waals surface area contributed by atoms with Crippen molar-refractivity contribution in [3.05, 3.63) is 64.0 Å². The SMILES string of the molecule is [N-]=[N+]=NCCNC(=O)c1ccc(-c2ccc(F)cc2F)cc1O. The lowest BCUT2D eigenvalue weighted by atomic mass is 10.0. The summed E-state index contributed by atoms with van der Waals surface area (Å²) in [7, 11) is 0. The van der Waals surface area contributed by atoms with Crippen molar-refractivity contribution in [2.75, 3.05) is 13.1 Å². The zero-order valence-electron chi connectivity index (χ0n) is 11.8. The van der Waals surface area contributed by atoms with Crippen LogP contribution in [-0.2, 0) is 0 Å². The van der Waals surface area contributed by atoms with Gasteiger partial charge >= 0.3 is 0 Å². The molecule has 0 aliphatic carbocycles. The fraction of sp³-hybridized carbons (Fsp3) is 0.133. The van der Waals surface area contributed by atoms with Gasteiger partial charge in [-0.15, -0.1) is 0 Å². The first-order valence-corrected chi connectivity index (χ1v) is 6.60. The molecule has 0 spiro atoms. The third kappa shape index (κ3) is 3.96. The molecule has 0 saturated heterocycles. The van der Waals surface area contributed by atoms with E-state index in [-0.39, 0.29) is 30.0 Å². The number of benzene rings is 2. The largest absolute Gasteiger partial charge is 0.507 e. The van der Waals surface area contributed by atoms with Crippen LogP contribution < -0.4 is 5.32 Å². The molecular formula is C15H12F2N4O2. The van der Waals surface area contributed by atoms with Gasteiger partial charge < -0.3 is 10.4 Å². The molecule has 0 heterocycles. The highest BCUT2D eigenvalue weighted by Gasteiger charge is 2.13. The number of phenolic OH excluding ortho intramolecular Hbond substituents is 1. The van der Waals surface area contributed by atoms with Gasteiger partial charge in [-0.3, -0.25) is 4.79 Å². The van der Waals surface area contributed by atoms with Crippen LogP contribution in [0.15, 0.2) is 41.5 Å². The standard InChI is InChI=1S/C15H12F2N4O2/c16-10-2-4-11(13(17)8-10)9-1-3-12(14(22)7-9)15(23)19-5-6-20-21-18/h1-4,7-8,22H,5-6H2,(H,19,23). The highest BCUT2D eigenvalue weighted by atomic mass is 19.1. The maximum Gasteiger partial charge on any atom is 0.255 e. The maximum absolute atomic E-state index is 13.7. The van der Waals surface area contributed by atoms with Gasteiger partial charge in [-0.05, 0) is 35.4 Å². The molecular weight excluding hydrogens is 306 g/mol. The Hall–Kier alpha value is -3.12. The van der Waals surface area contributed by atoms with E-state index in [4.69, 9.17) is 5.53 Å². The highest BCUT2D eigenvalue weighted by molar-refractivity contribution is 5.97. The number of hydrogen-bond donors (Lipinski definition) is 2. The summed E-state index contributed by atoms with van der Waals surface area (Å²) in [5.41, 5.74) is 8.54. The Morgan fingerprint density at radius 1 is 1.26 bits per heavy atom. The molecule has 23 heavy (non-hydrogen) atoms. The Morgan fingerprint density at radius 3 is 2.70 bits per heavy atom. The van der Waals surface area contributed by atoms with E-state index in [2.05, 4.69) is 15.3 Å². The van der Waals surface area contributed by atoms with E-state index in [1.165, 1.54) is 24.3 Å². The minimum atomic E-state index is -0.768. The van der Waals surface area contributed by atoms with Gasteiger partial charge in [0.05, 0.1) is 5.56 Å². The minimum absolute atomic E-state index is 0.00259. The fourth-order valence-electron chi connectivity index (χ4n) is 1.97. The Bertz CT molecular complexity index is 789. The lowest BCUT2D eigenvalue weighted by Gasteiger charge is -2.09. The van der Waals surface area contributed by atoms with Gasteiger partial charge in [0.25, 0.3) is 5.91 Å². The molecule has 6 nitrogen and oxygen atoms in total. The van der Waals surface area contributed by atoms with E-state index in [0.29, 0.717) is 5.56 Å². The normalized spacial score (nSPS) is 10.0. The van der Waals surface area contributed by atoms with Gasteiger partial charge in [0.1, 0.15) is 17.4 Å². The van der Waals surface area contributed by atoms with Crippen LogP contribution in [0.2, 0.25) is 0 Å². The first-order valence-electron chi connectivity index (χ1n) is 6.60. The van der Waals surface area contributed by atoms with E-state index < -0.39 is 17.5 Å². The van der Waals surface area contributed by atoms with Crippen molar-refractivity contribution in [1.82, 2.24) is 5.32 Å². The van der Waals surface area contributed by atoms with Crippen molar-refractivity contribution in [3.63, 3.8) is 0 Å². The first-order chi connectivity index (χ1) is 11.0. The van der Waals surface area contributed by atoms with Gasteiger partial charge in [-0.2, -0.15) is 0 Å². The number of phenols is 1. The van der Waals surface area contributed by atoms with E-state index in [9.17, 15) is 18.7 Å². The van der Waals surface area contributed by atoms with Crippen LogP contribution in [0.4, 0.5) is 8.78 Å². The smallest absolute Gasteiger partial charge is 0.255 e. The van der Waals surface area contributed by atoms with Crippen molar-refractivity contribution in [2.24, 2.45) is 5.11 Å². The summed E-state index contributed by atoms with van der Waals surface area (Å²) in [5.74, 6) is -2.36. The Labute approximate surface area is 130 Å². The zero-order chi connectivity index (χ0) is 16.8. The third-order valence-corrected chi connectivity index (χ3v) is 3.05. The van der Waals surface area contributed by atoms with E-state index >= 15 is 0 Å². The highest BCUT2D eigenvalue weighted by Crippen LogP contribution is 2.28. The molecule has 0 radical (unpaired) electrons. The third-order valence-electron chi connectivity index (χ3n) is 3.05. The van der Waals surface area contributed by atoms with Crippen molar-refractivity contribution < 1.29 is 18.7 Å². The summed E-state index contributed by atoms with van der Waals surface area (Å²) in [5, 5.41) is 15.7. The molecule has 2 aromatic carbocycles. The molecule has 0 bridgehead atoms. The van der Waals surface area contributed by atoms with Gasteiger partial charge in [0.15, 0.2) is 0 Å². The van der Waals surface area contributed by atoms with Gasteiger partial charge in [-0.25, -0.2) is 8.78 Å². The summed E-state index contributed by atoms with van der Waals surface area (Å²) >= 11 is 0. The van der Waals surface area contributed by atoms with Crippen molar-refractivity contribution >= 4 is 5.91 Å². The first kappa shape index (κ1) is 16.3. The number of carbonyl (C=O) groups is 1. The number of carbonyl (C=O) groups excluding carboxylic acids is 1. The number of rotatable bonds is 5. The molecule has 0 fully saturated rings. The number of nitrogens with one attached hydrogen (secondary N) is 1. The summed E-state index contributed by atoms with van der Waals surface area (Å²) in [6.07, 6.45) is 0. The topological polar surface area (TPSA) is 98.1 Å². The maximum atomic E-state index is 13.7.